The lowest BCUT2D eigenvalue weighted by molar-refractivity contribution is -0.134. The first-order valence-electron chi connectivity index (χ1n) is 9.81. The number of benzene rings is 2. The van der Waals surface area contributed by atoms with Gasteiger partial charge in [-0.15, -0.1) is 0 Å². The van der Waals surface area contributed by atoms with Crippen molar-refractivity contribution in [1.82, 2.24) is 9.88 Å². The number of hydrogen-bond donors (Lipinski definition) is 1. The van der Waals surface area contributed by atoms with Crippen molar-refractivity contribution in [1.29, 1.82) is 0 Å². The van der Waals surface area contributed by atoms with E-state index in [0.29, 0.717) is 24.4 Å². The molecule has 1 atom stereocenters. The third-order valence-corrected chi connectivity index (χ3v) is 5.81. The van der Waals surface area contributed by atoms with Crippen molar-refractivity contribution in [2.75, 3.05) is 0 Å². The summed E-state index contributed by atoms with van der Waals surface area (Å²) in [7, 11) is 0. The quantitative estimate of drug-likeness (QED) is 0.647. The number of rotatable bonds is 4. The number of nitrogens with one attached hydrogen (secondary N) is 1. The molecule has 4 rings (SSSR count). The summed E-state index contributed by atoms with van der Waals surface area (Å²) in [6, 6.07) is 16.9. The van der Waals surface area contributed by atoms with E-state index in [9.17, 15) is 14.4 Å². The Morgan fingerprint density at radius 3 is 2.53 bits per heavy atom. The van der Waals surface area contributed by atoms with Gasteiger partial charge in [0.05, 0.1) is 17.5 Å². The summed E-state index contributed by atoms with van der Waals surface area (Å²) >= 11 is 6.68. The first-order valence-corrected chi connectivity index (χ1v) is 10.2. The molecule has 0 saturated carbocycles. The summed E-state index contributed by atoms with van der Waals surface area (Å²) in [6.07, 6.45) is 2.61. The van der Waals surface area contributed by atoms with Crippen molar-refractivity contribution in [2.45, 2.75) is 32.2 Å². The van der Waals surface area contributed by atoms with Crippen LogP contribution in [0.2, 0.25) is 5.02 Å². The van der Waals surface area contributed by atoms with Crippen LogP contribution in [0.4, 0.5) is 0 Å². The van der Waals surface area contributed by atoms with E-state index < -0.39 is 5.92 Å². The van der Waals surface area contributed by atoms with Crippen LogP contribution < -0.4 is 10.9 Å². The van der Waals surface area contributed by atoms with Crippen LogP contribution >= 0.6 is 11.6 Å². The minimum Gasteiger partial charge on any atom is -0.311 e. The monoisotopic (exact) mass is 420 g/mol. The molecule has 1 aliphatic heterocycles. The zero-order chi connectivity index (χ0) is 21.3. The topological polar surface area (TPSA) is 68.2 Å². The van der Waals surface area contributed by atoms with Gasteiger partial charge in [0.2, 0.25) is 11.8 Å². The van der Waals surface area contributed by atoms with Gasteiger partial charge in [-0.1, -0.05) is 60.1 Å². The zero-order valence-corrected chi connectivity index (χ0v) is 17.3. The second-order valence-electron chi connectivity index (χ2n) is 7.58. The molecule has 5 nitrogen and oxygen atoms in total. The molecular formula is C24H21ClN2O3. The minimum absolute atomic E-state index is 0.0373. The van der Waals surface area contributed by atoms with Gasteiger partial charge in [0.15, 0.2) is 0 Å². The number of aromatic nitrogens is 1. The Hall–Kier alpha value is -3.18. The lowest BCUT2D eigenvalue weighted by Crippen LogP contribution is -2.39. The summed E-state index contributed by atoms with van der Waals surface area (Å²) in [5, 5.41) is 2.91. The van der Waals surface area contributed by atoms with Gasteiger partial charge < -0.3 is 4.57 Å². The number of carbonyl (C=O) groups is 2. The number of nitrogens with zero attached hydrogens (tertiary/aromatic N) is 1. The molecule has 1 saturated heterocycles. The largest absolute Gasteiger partial charge is 0.311 e. The normalized spacial score (nSPS) is 16.4. The predicted octanol–water partition coefficient (Wildman–Crippen LogP) is 4.05. The van der Waals surface area contributed by atoms with Crippen molar-refractivity contribution in [3.8, 4) is 11.1 Å². The van der Waals surface area contributed by atoms with Crippen molar-refractivity contribution < 1.29 is 9.59 Å². The average molecular weight is 421 g/mol. The molecule has 1 fully saturated rings. The van der Waals surface area contributed by atoms with E-state index in [1.54, 1.807) is 16.7 Å². The standard InChI is InChI=1S/C24H21ClN2O3/c1-15-5-12-22(29)27(13-15)14-16-6-8-17(9-7-16)18-3-2-4-19(23(18)25)20-10-11-21(28)26-24(20)30/h2-9,12-13,20H,10-11,14H2,1H3,(H,26,28,30). The second-order valence-corrected chi connectivity index (χ2v) is 7.96. The number of piperidine rings is 1. The Morgan fingerprint density at radius 1 is 1.03 bits per heavy atom. The molecule has 0 bridgehead atoms. The molecule has 1 N–H and O–H groups in total. The van der Waals surface area contributed by atoms with Crippen molar-refractivity contribution >= 4 is 23.4 Å². The maximum Gasteiger partial charge on any atom is 0.250 e. The third-order valence-electron chi connectivity index (χ3n) is 5.39. The lowest BCUT2D eigenvalue weighted by atomic mass is 9.88. The maximum absolute atomic E-state index is 12.3. The Balaban J connectivity index is 1.60. The fourth-order valence-corrected chi connectivity index (χ4v) is 4.16. The van der Waals surface area contributed by atoms with Crippen LogP contribution in [-0.4, -0.2) is 16.4 Å². The van der Waals surface area contributed by atoms with Gasteiger partial charge >= 0.3 is 0 Å². The average Bonchev–Trinajstić information content (AvgIpc) is 2.72. The number of imide groups is 1. The molecule has 30 heavy (non-hydrogen) atoms. The fraction of sp³-hybridized carbons (Fsp3) is 0.208. The summed E-state index contributed by atoms with van der Waals surface area (Å²) in [5.74, 6) is -0.973. The number of pyridine rings is 1. The highest BCUT2D eigenvalue weighted by Gasteiger charge is 2.30. The molecule has 1 aliphatic rings. The number of halogens is 1. The molecule has 3 aromatic rings. The first kappa shape index (κ1) is 20.1. The number of aryl methyl sites for hydroxylation is 1. The molecule has 2 aromatic carbocycles. The van der Waals surface area contributed by atoms with Crippen LogP contribution in [0, 0.1) is 6.92 Å². The maximum atomic E-state index is 12.3. The van der Waals surface area contributed by atoms with E-state index in [1.165, 1.54) is 0 Å². The molecule has 0 aliphatic carbocycles. The van der Waals surface area contributed by atoms with E-state index in [-0.39, 0.29) is 17.4 Å². The van der Waals surface area contributed by atoms with Gasteiger partial charge in [0.25, 0.3) is 5.56 Å². The molecule has 1 aromatic heterocycles. The van der Waals surface area contributed by atoms with Crippen LogP contribution in [0.15, 0.2) is 65.6 Å². The molecule has 2 heterocycles. The van der Waals surface area contributed by atoms with Gasteiger partial charge in [0, 0.05) is 24.2 Å². The zero-order valence-electron chi connectivity index (χ0n) is 16.5. The SMILES string of the molecule is Cc1ccc(=O)n(Cc2ccc(-c3cccc(C4CCC(=O)NC4=O)c3Cl)cc2)c1. The molecule has 2 amide bonds. The van der Waals surface area contributed by atoms with Gasteiger partial charge in [0.1, 0.15) is 0 Å². The van der Waals surface area contributed by atoms with Crippen molar-refractivity contribution in [2.24, 2.45) is 0 Å². The smallest absolute Gasteiger partial charge is 0.250 e. The Kier molecular flexibility index (Phi) is 5.55. The predicted molar refractivity (Wildman–Crippen MR) is 117 cm³/mol. The van der Waals surface area contributed by atoms with Crippen molar-refractivity contribution in [3.05, 3.63) is 92.9 Å². The molecule has 1 unspecified atom stereocenters. The van der Waals surface area contributed by atoms with E-state index in [4.69, 9.17) is 11.6 Å². The summed E-state index contributed by atoms with van der Waals surface area (Å²) in [6.45, 7) is 2.45. The highest BCUT2D eigenvalue weighted by Crippen LogP contribution is 2.37. The number of hydrogen-bond acceptors (Lipinski definition) is 3. The molecular weight excluding hydrogens is 400 g/mol. The Labute approximate surface area is 179 Å². The summed E-state index contributed by atoms with van der Waals surface area (Å²) in [5.41, 5.74) is 4.49. The Morgan fingerprint density at radius 2 is 1.80 bits per heavy atom. The van der Waals surface area contributed by atoms with Crippen LogP contribution in [0.5, 0.6) is 0 Å². The first-order chi connectivity index (χ1) is 14.4. The Bertz CT molecular complexity index is 1180. The van der Waals surface area contributed by atoms with E-state index in [2.05, 4.69) is 5.32 Å². The summed E-state index contributed by atoms with van der Waals surface area (Å²) < 4.78 is 1.68. The van der Waals surface area contributed by atoms with Crippen LogP contribution in [0.25, 0.3) is 11.1 Å². The van der Waals surface area contributed by atoms with Crippen LogP contribution in [0.1, 0.15) is 35.4 Å². The fourth-order valence-electron chi connectivity index (χ4n) is 3.79. The van der Waals surface area contributed by atoms with Gasteiger partial charge in [-0.3, -0.25) is 19.7 Å². The molecule has 152 valence electrons. The lowest BCUT2D eigenvalue weighted by Gasteiger charge is -2.23. The van der Waals surface area contributed by atoms with E-state index in [1.807, 2.05) is 55.6 Å². The van der Waals surface area contributed by atoms with Gasteiger partial charge in [-0.05, 0) is 35.6 Å². The minimum atomic E-state index is -0.428. The third kappa shape index (κ3) is 4.07. The van der Waals surface area contributed by atoms with E-state index in [0.717, 1.165) is 27.8 Å². The summed E-state index contributed by atoms with van der Waals surface area (Å²) in [4.78, 5) is 35.7. The second kappa shape index (κ2) is 8.28. The number of amides is 2. The van der Waals surface area contributed by atoms with E-state index >= 15 is 0 Å². The van der Waals surface area contributed by atoms with Gasteiger partial charge in [-0.2, -0.15) is 0 Å². The highest BCUT2D eigenvalue weighted by atomic mass is 35.5. The number of carbonyl (C=O) groups excluding carboxylic acids is 2. The van der Waals surface area contributed by atoms with Crippen LogP contribution in [0.3, 0.4) is 0 Å². The molecule has 6 heteroatoms. The van der Waals surface area contributed by atoms with Crippen LogP contribution in [-0.2, 0) is 16.1 Å². The van der Waals surface area contributed by atoms with Gasteiger partial charge in [-0.25, -0.2) is 0 Å². The van der Waals surface area contributed by atoms with Crippen molar-refractivity contribution in [3.63, 3.8) is 0 Å². The molecule has 0 spiro atoms. The molecule has 0 radical (unpaired) electrons. The highest BCUT2D eigenvalue weighted by molar-refractivity contribution is 6.34.